The van der Waals surface area contributed by atoms with Gasteiger partial charge in [-0.25, -0.2) is 4.79 Å². The summed E-state index contributed by atoms with van der Waals surface area (Å²) in [5.41, 5.74) is 0. The van der Waals surface area contributed by atoms with E-state index in [-0.39, 0.29) is 88.6 Å². The van der Waals surface area contributed by atoms with Gasteiger partial charge in [-0.3, -0.25) is 19.2 Å². The van der Waals surface area contributed by atoms with Crippen LogP contribution in [0, 0.1) is 11.8 Å². The molecule has 15 nitrogen and oxygen atoms in total. The van der Waals surface area contributed by atoms with Gasteiger partial charge in [0.1, 0.15) is 24.9 Å². The topological polar surface area (TPSA) is 166 Å². The van der Waals surface area contributed by atoms with E-state index in [9.17, 15) is 24.0 Å². The van der Waals surface area contributed by atoms with Crippen LogP contribution in [0.15, 0.2) is 0 Å². The summed E-state index contributed by atoms with van der Waals surface area (Å²) in [5.74, 6) is -1.63. The SMILES string of the molecule is CCCCCCCC(=O)OCC(CCO[C@H]1COC(COC(=O)N(C)CCN(C)C)[C@@H]1OCCC(COC(=O)CCCCCCC)COC(=O)CCCCCCC)COC(=O)CCCCCCC. The number of carbonyl (C=O) groups is 5. The number of nitrogens with zero attached hydrogens (tertiary/aromatic N) is 2. The normalized spacial score (nSPS) is 15.8. The minimum Gasteiger partial charge on any atom is -0.465 e. The number of likely N-dealkylation sites (N-methyl/N-ethyl adjacent to an activating group) is 2. The molecule has 1 amide bonds. The Hall–Kier alpha value is -3.01. The Bertz CT molecular complexity index is 1230. The minimum atomic E-state index is -0.631. The van der Waals surface area contributed by atoms with Crippen molar-refractivity contribution in [2.75, 3.05) is 87.1 Å². The van der Waals surface area contributed by atoms with Gasteiger partial charge in [0, 0.05) is 70.9 Å². The molecule has 1 saturated heterocycles. The Morgan fingerprint density at radius 1 is 0.485 bits per heavy atom. The molecule has 0 aromatic heterocycles. The molecule has 0 aromatic carbocycles. The monoisotopic (exact) mass is 971 g/mol. The van der Waals surface area contributed by atoms with Gasteiger partial charge in [0.15, 0.2) is 0 Å². The molecule has 0 bridgehead atoms. The molecule has 3 atom stereocenters. The fourth-order valence-corrected chi connectivity index (χ4v) is 7.66. The lowest BCUT2D eigenvalue weighted by molar-refractivity contribution is -0.152. The van der Waals surface area contributed by atoms with Crippen LogP contribution in [0.2, 0.25) is 0 Å². The summed E-state index contributed by atoms with van der Waals surface area (Å²) in [6, 6.07) is 0. The van der Waals surface area contributed by atoms with Crippen molar-refractivity contribution in [1.29, 1.82) is 0 Å². The van der Waals surface area contributed by atoms with E-state index in [2.05, 4.69) is 27.7 Å². The van der Waals surface area contributed by atoms with Crippen molar-refractivity contribution in [3.05, 3.63) is 0 Å². The van der Waals surface area contributed by atoms with Gasteiger partial charge in [-0.2, -0.15) is 0 Å². The van der Waals surface area contributed by atoms with E-state index in [0.29, 0.717) is 51.6 Å². The van der Waals surface area contributed by atoms with Crippen LogP contribution in [-0.2, 0) is 57.1 Å². The minimum absolute atomic E-state index is 0.0593. The van der Waals surface area contributed by atoms with Crippen molar-refractivity contribution in [3.8, 4) is 0 Å². The Labute approximate surface area is 412 Å². The number of hydrogen-bond acceptors (Lipinski definition) is 14. The molecule has 1 aliphatic rings. The van der Waals surface area contributed by atoms with E-state index in [0.717, 1.165) is 128 Å². The van der Waals surface area contributed by atoms with Crippen molar-refractivity contribution in [2.24, 2.45) is 11.8 Å². The molecule has 0 spiro atoms. The lowest BCUT2D eigenvalue weighted by Gasteiger charge is -2.26. The standard InChI is InChI=1S/C53H98N2O13/c1-8-12-16-20-24-28-48(56)64-38-44(39-65-49(57)29-25-21-17-13-9-2)32-36-61-46-42-63-47(43-68-53(60)55(7)35-34-54(5)6)52(46)62-37-33-45(40-66-50(58)30-26-22-18-14-10-3)41-67-51(59)31-27-23-19-15-11-4/h44-47,52H,8-43H2,1-7H3/t46-,47?,52+/m0/s1. The Kier molecular flexibility index (Phi) is 39.7. The van der Waals surface area contributed by atoms with Gasteiger partial charge in [0.2, 0.25) is 0 Å². The highest BCUT2D eigenvalue weighted by Crippen LogP contribution is 2.24. The van der Waals surface area contributed by atoms with Crippen molar-refractivity contribution in [3.63, 3.8) is 0 Å². The Morgan fingerprint density at radius 2 is 0.853 bits per heavy atom. The molecule has 0 N–H and O–H groups in total. The third kappa shape index (κ3) is 34.3. The average molecular weight is 971 g/mol. The smallest absolute Gasteiger partial charge is 0.409 e. The van der Waals surface area contributed by atoms with Crippen LogP contribution in [0.1, 0.15) is 195 Å². The van der Waals surface area contributed by atoms with E-state index in [1.807, 2.05) is 19.0 Å². The highest BCUT2D eigenvalue weighted by molar-refractivity contribution is 5.70. The molecule has 1 heterocycles. The lowest BCUT2D eigenvalue weighted by atomic mass is 10.1. The molecule has 398 valence electrons. The largest absolute Gasteiger partial charge is 0.465 e. The zero-order valence-corrected chi connectivity index (χ0v) is 44.0. The zero-order valence-electron chi connectivity index (χ0n) is 44.0. The van der Waals surface area contributed by atoms with Gasteiger partial charge in [0.05, 0.1) is 33.0 Å². The quantitative estimate of drug-likeness (QED) is 0.0321. The van der Waals surface area contributed by atoms with Gasteiger partial charge in [0.25, 0.3) is 0 Å². The first-order valence-corrected chi connectivity index (χ1v) is 26.9. The first-order chi connectivity index (χ1) is 32.9. The van der Waals surface area contributed by atoms with Crippen molar-refractivity contribution in [1.82, 2.24) is 9.80 Å². The third-order valence-corrected chi connectivity index (χ3v) is 12.3. The fourth-order valence-electron chi connectivity index (χ4n) is 7.66. The number of carbonyl (C=O) groups excluding carboxylic acids is 5. The second kappa shape index (κ2) is 42.8. The second-order valence-electron chi connectivity index (χ2n) is 19.1. The summed E-state index contributed by atoms with van der Waals surface area (Å²) in [4.78, 5) is 67.3. The van der Waals surface area contributed by atoms with E-state index in [1.165, 1.54) is 4.90 Å². The van der Waals surface area contributed by atoms with Crippen LogP contribution >= 0.6 is 0 Å². The van der Waals surface area contributed by atoms with Crippen molar-refractivity contribution >= 4 is 30.0 Å². The first kappa shape index (κ1) is 63.0. The number of esters is 4. The summed E-state index contributed by atoms with van der Waals surface area (Å²) in [7, 11) is 5.56. The molecule has 0 radical (unpaired) electrons. The maximum Gasteiger partial charge on any atom is 0.409 e. The maximum absolute atomic E-state index is 13.0. The average Bonchev–Trinajstić information content (AvgIpc) is 3.71. The highest BCUT2D eigenvalue weighted by atomic mass is 16.6. The van der Waals surface area contributed by atoms with Gasteiger partial charge in [-0.1, -0.05) is 130 Å². The van der Waals surface area contributed by atoms with Crippen LogP contribution in [0.3, 0.4) is 0 Å². The summed E-state index contributed by atoms with van der Waals surface area (Å²) in [6.45, 7) is 10.8. The molecule has 1 fully saturated rings. The number of unbranched alkanes of at least 4 members (excludes halogenated alkanes) is 16. The van der Waals surface area contributed by atoms with E-state index >= 15 is 0 Å². The number of ether oxygens (including phenoxy) is 8. The summed E-state index contributed by atoms with van der Waals surface area (Å²) >= 11 is 0. The predicted octanol–water partition coefficient (Wildman–Crippen LogP) is 10.4. The second-order valence-corrected chi connectivity index (χ2v) is 19.1. The van der Waals surface area contributed by atoms with Crippen LogP contribution in [0.4, 0.5) is 4.79 Å². The first-order valence-electron chi connectivity index (χ1n) is 26.9. The van der Waals surface area contributed by atoms with Crippen LogP contribution in [0.5, 0.6) is 0 Å². The van der Waals surface area contributed by atoms with E-state index in [1.54, 1.807) is 7.05 Å². The van der Waals surface area contributed by atoms with E-state index in [4.69, 9.17) is 37.9 Å². The molecule has 15 heteroatoms. The zero-order chi connectivity index (χ0) is 50.0. The molecular weight excluding hydrogens is 873 g/mol. The van der Waals surface area contributed by atoms with Gasteiger partial charge in [-0.05, 0) is 52.6 Å². The molecule has 0 aliphatic carbocycles. The summed E-state index contributed by atoms with van der Waals surface area (Å²) < 4.78 is 47.6. The molecule has 68 heavy (non-hydrogen) atoms. The van der Waals surface area contributed by atoms with E-state index < -0.39 is 24.4 Å². The van der Waals surface area contributed by atoms with Gasteiger partial charge >= 0.3 is 30.0 Å². The Morgan fingerprint density at radius 3 is 1.22 bits per heavy atom. The lowest BCUT2D eigenvalue weighted by Crippen LogP contribution is -2.40. The fraction of sp³-hybridized carbons (Fsp3) is 0.906. The highest BCUT2D eigenvalue weighted by Gasteiger charge is 2.40. The maximum atomic E-state index is 13.0. The molecule has 1 unspecified atom stereocenters. The van der Waals surface area contributed by atoms with Gasteiger partial charge in [-0.15, -0.1) is 0 Å². The number of rotatable bonds is 45. The Balaban J connectivity index is 3.07. The van der Waals surface area contributed by atoms with Crippen molar-refractivity contribution in [2.45, 2.75) is 213 Å². The number of amides is 1. The molecular formula is C53H98N2O13. The number of hydrogen-bond donors (Lipinski definition) is 0. The van der Waals surface area contributed by atoms with Crippen LogP contribution in [-0.4, -0.2) is 145 Å². The summed E-state index contributed by atoms with van der Waals surface area (Å²) in [6.07, 6.45) is 20.5. The molecule has 1 rings (SSSR count). The van der Waals surface area contributed by atoms with Crippen molar-refractivity contribution < 1.29 is 61.9 Å². The molecule has 0 saturated carbocycles. The van der Waals surface area contributed by atoms with Crippen LogP contribution in [0.25, 0.3) is 0 Å². The predicted molar refractivity (Wildman–Crippen MR) is 265 cm³/mol. The summed E-state index contributed by atoms with van der Waals surface area (Å²) in [5, 5.41) is 0. The van der Waals surface area contributed by atoms with Crippen LogP contribution < -0.4 is 0 Å². The molecule has 1 aliphatic heterocycles. The third-order valence-electron chi connectivity index (χ3n) is 12.3. The molecule has 0 aromatic rings. The van der Waals surface area contributed by atoms with Gasteiger partial charge < -0.3 is 47.7 Å².